The second-order valence-electron chi connectivity index (χ2n) is 5.28. The number of nitrogen functional groups attached to an aromatic ring is 1. The third-order valence-electron chi connectivity index (χ3n) is 2.60. The van der Waals surface area contributed by atoms with Crippen molar-refractivity contribution in [1.29, 1.82) is 0 Å². The second kappa shape index (κ2) is 6.00. The zero-order valence-corrected chi connectivity index (χ0v) is 12.0. The highest BCUT2D eigenvalue weighted by atomic mass is 16.5. The summed E-state index contributed by atoms with van der Waals surface area (Å²) in [4.78, 5) is 8.89. The molecular weight excluding hydrogens is 228 g/mol. The SMILES string of the molecule is CCOCCNc1nc(C(C)(C)C)nc(N)c1C. The second-order valence-corrected chi connectivity index (χ2v) is 5.28. The summed E-state index contributed by atoms with van der Waals surface area (Å²) < 4.78 is 5.29. The number of hydrogen-bond donors (Lipinski definition) is 2. The van der Waals surface area contributed by atoms with Crippen LogP contribution in [-0.2, 0) is 10.2 Å². The van der Waals surface area contributed by atoms with Gasteiger partial charge in [0, 0.05) is 24.1 Å². The van der Waals surface area contributed by atoms with Crippen molar-refractivity contribution in [2.24, 2.45) is 0 Å². The van der Waals surface area contributed by atoms with Crippen LogP contribution in [0.2, 0.25) is 0 Å². The first kappa shape index (κ1) is 14.7. The Morgan fingerprint density at radius 3 is 2.50 bits per heavy atom. The molecule has 0 amide bonds. The summed E-state index contributed by atoms with van der Waals surface area (Å²) in [6.45, 7) is 12.2. The third-order valence-corrected chi connectivity index (χ3v) is 2.60. The summed E-state index contributed by atoms with van der Waals surface area (Å²) in [6.07, 6.45) is 0. The van der Waals surface area contributed by atoms with E-state index in [2.05, 4.69) is 36.1 Å². The molecule has 0 aliphatic rings. The molecule has 0 aliphatic carbocycles. The summed E-state index contributed by atoms with van der Waals surface area (Å²) in [5.74, 6) is 2.09. The zero-order chi connectivity index (χ0) is 13.8. The minimum Gasteiger partial charge on any atom is -0.383 e. The number of rotatable bonds is 5. The molecule has 0 saturated heterocycles. The van der Waals surface area contributed by atoms with Gasteiger partial charge in [0.15, 0.2) is 0 Å². The van der Waals surface area contributed by atoms with Crippen molar-refractivity contribution in [2.45, 2.75) is 40.0 Å². The van der Waals surface area contributed by atoms with Crippen molar-refractivity contribution in [3.63, 3.8) is 0 Å². The topological polar surface area (TPSA) is 73.1 Å². The standard InChI is InChI=1S/C13H24N4O/c1-6-18-8-7-15-11-9(2)10(14)16-12(17-11)13(3,4)5/h6-8H2,1-5H3,(H3,14,15,16,17). The molecule has 0 aromatic carbocycles. The zero-order valence-electron chi connectivity index (χ0n) is 12.0. The molecule has 0 unspecified atom stereocenters. The van der Waals surface area contributed by atoms with Gasteiger partial charge >= 0.3 is 0 Å². The predicted molar refractivity (Wildman–Crippen MR) is 74.9 cm³/mol. The van der Waals surface area contributed by atoms with E-state index in [0.29, 0.717) is 19.0 Å². The maximum absolute atomic E-state index is 5.93. The van der Waals surface area contributed by atoms with Crippen LogP contribution >= 0.6 is 0 Å². The molecule has 18 heavy (non-hydrogen) atoms. The van der Waals surface area contributed by atoms with E-state index in [0.717, 1.165) is 23.8 Å². The number of anilines is 2. The summed E-state index contributed by atoms with van der Waals surface area (Å²) in [6, 6.07) is 0. The van der Waals surface area contributed by atoms with E-state index in [1.807, 2.05) is 13.8 Å². The number of ether oxygens (including phenoxy) is 1. The van der Waals surface area contributed by atoms with Gasteiger partial charge in [0.25, 0.3) is 0 Å². The average Bonchev–Trinajstić information content (AvgIpc) is 2.28. The fourth-order valence-corrected chi connectivity index (χ4v) is 1.43. The smallest absolute Gasteiger partial charge is 0.138 e. The highest BCUT2D eigenvalue weighted by molar-refractivity contribution is 5.55. The predicted octanol–water partition coefficient (Wildman–Crippen LogP) is 2.11. The molecule has 5 heteroatoms. The first-order chi connectivity index (χ1) is 8.36. The van der Waals surface area contributed by atoms with Gasteiger partial charge < -0.3 is 15.8 Å². The van der Waals surface area contributed by atoms with E-state index in [9.17, 15) is 0 Å². The van der Waals surface area contributed by atoms with Gasteiger partial charge in [0.1, 0.15) is 17.5 Å². The lowest BCUT2D eigenvalue weighted by atomic mass is 9.95. The maximum Gasteiger partial charge on any atom is 0.138 e. The van der Waals surface area contributed by atoms with Crippen LogP contribution in [0.5, 0.6) is 0 Å². The number of nitrogens with one attached hydrogen (secondary N) is 1. The lowest BCUT2D eigenvalue weighted by molar-refractivity contribution is 0.158. The van der Waals surface area contributed by atoms with Gasteiger partial charge in [0.2, 0.25) is 0 Å². The monoisotopic (exact) mass is 252 g/mol. The largest absolute Gasteiger partial charge is 0.383 e. The molecule has 5 nitrogen and oxygen atoms in total. The fraction of sp³-hybridized carbons (Fsp3) is 0.692. The van der Waals surface area contributed by atoms with Crippen LogP contribution in [0.25, 0.3) is 0 Å². The normalized spacial score (nSPS) is 11.6. The Kier molecular flexibility index (Phi) is 4.90. The summed E-state index contributed by atoms with van der Waals surface area (Å²) in [5.41, 5.74) is 6.70. The molecule has 0 aliphatic heterocycles. The first-order valence-corrected chi connectivity index (χ1v) is 6.32. The summed E-state index contributed by atoms with van der Waals surface area (Å²) >= 11 is 0. The Hall–Kier alpha value is -1.36. The van der Waals surface area contributed by atoms with Gasteiger partial charge in [-0.1, -0.05) is 20.8 Å². The highest BCUT2D eigenvalue weighted by Gasteiger charge is 2.20. The van der Waals surface area contributed by atoms with Crippen LogP contribution < -0.4 is 11.1 Å². The van der Waals surface area contributed by atoms with Crippen LogP contribution in [0.4, 0.5) is 11.6 Å². The third kappa shape index (κ3) is 3.84. The average molecular weight is 252 g/mol. The van der Waals surface area contributed by atoms with E-state index in [1.54, 1.807) is 0 Å². The Bertz CT molecular complexity index is 399. The van der Waals surface area contributed by atoms with Crippen LogP contribution in [0, 0.1) is 6.92 Å². The van der Waals surface area contributed by atoms with Gasteiger partial charge in [-0.05, 0) is 13.8 Å². The van der Waals surface area contributed by atoms with Crippen LogP contribution in [0.1, 0.15) is 39.1 Å². The lowest BCUT2D eigenvalue weighted by Crippen LogP contribution is -2.20. The van der Waals surface area contributed by atoms with E-state index in [1.165, 1.54) is 0 Å². The van der Waals surface area contributed by atoms with Crippen molar-refractivity contribution < 1.29 is 4.74 Å². The van der Waals surface area contributed by atoms with Crippen molar-refractivity contribution in [2.75, 3.05) is 30.8 Å². The molecule has 102 valence electrons. The van der Waals surface area contributed by atoms with Crippen molar-refractivity contribution in [1.82, 2.24) is 9.97 Å². The molecule has 0 fully saturated rings. The first-order valence-electron chi connectivity index (χ1n) is 6.32. The minimum atomic E-state index is -0.113. The molecule has 0 spiro atoms. The molecule has 3 N–H and O–H groups in total. The van der Waals surface area contributed by atoms with Gasteiger partial charge in [0.05, 0.1) is 6.61 Å². The van der Waals surface area contributed by atoms with E-state index < -0.39 is 0 Å². The fourth-order valence-electron chi connectivity index (χ4n) is 1.43. The van der Waals surface area contributed by atoms with Crippen LogP contribution in [-0.4, -0.2) is 29.7 Å². The van der Waals surface area contributed by atoms with Crippen molar-refractivity contribution in [3.8, 4) is 0 Å². The molecule has 0 radical (unpaired) electrons. The number of nitrogens with zero attached hydrogens (tertiary/aromatic N) is 2. The molecule has 0 saturated carbocycles. The number of nitrogens with two attached hydrogens (primary N) is 1. The maximum atomic E-state index is 5.93. The van der Waals surface area contributed by atoms with Crippen molar-refractivity contribution >= 4 is 11.6 Å². The van der Waals surface area contributed by atoms with E-state index >= 15 is 0 Å². The number of aromatic nitrogens is 2. The summed E-state index contributed by atoms with van der Waals surface area (Å²) in [5, 5.41) is 3.24. The Morgan fingerprint density at radius 2 is 1.94 bits per heavy atom. The van der Waals surface area contributed by atoms with E-state index in [4.69, 9.17) is 10.5 Å². The van der Waals surface area contributed by atoms with E-state index in [-0.39, 0.29) is 5.41 Å². The Labute approximate surface area is 109 Å². The minimum absolute atomic E-state index is 0.113. The molecule has 1 aromatic rings. The molecule has 1 heterocycles. The molecule has 1 rings (SSSR count). The Balaban J connectivity index is 2.86. The molecule has 0 bridgehead atoms. The molecular formula is C13H24N4O. The highest BCUT2D eigenvalue weighted by Crippen LogP contribution is 2.24. The van der Waals surface area contributed by atoms with Crippen LogP contribution in [0.3, 0.4) is 0 Å². The molecule has 1 aromatic heterocycles. The number of hydrogen-bond acceptors (Lipinski definition) is 5. The van der Waals surface area contributed by atoms with Gasteiger partial charge in [-0.15, -0.1) is 0 Å². The Morgan fingerprint density at radius 1 is 1.28 bits per heavy atom. The van der Waals surface area contributed by atoms with Crippen molar-refractivity contribution in [3.05, 3.63) is 11.4 Å². The lowest BCUT2D eigenvalue weighted by Gasteiger charge is -2.19. The van der Waals surface area contributed by atoms with Gasteiger partial charge in [-0.3, -0.25) is 0 Å². The van der Waals surface area contributed by atoms with Crippen LogP contribution in [0.15, 0.2) is 0 Å². The summed E-state index contributed by atoms with van der Waals surface area (Å²) in [7, 11) is 0. The van der Waals surface area contributed by atoms with Gasteiger partial charge in [-0.25, -0.2) is 9.97 Å². The molecule has 0 atom stereocenters. The quantitative estimate of drug-likeness (QED) is 0.785. The van der Waals surface area contributed by atoms with Gasteiger partial charge in [-0.2, -0.15) is 0 Å².